The van der Waals surface area contributed by atoms with Gasteiger partial charge in [-0.2, -0.15) is 0 Å². The summed E-state index contributed by atoms with van der Waals surface area (Å²) in [5.74, 6) is -0.00388. The first-order valence-electron chi connectivity index (χ1n) is 7.38. The lowest BCUT2D eigenvalue weighted by molar-refractivity contribution is -0.156. The van der Waals surface area contributed by atoms with Gasteiger partial charge in [0.15, 0.2) is 0 Å². The topological polar surface area (TPSA) is 62.3 Å². The van der Waals surface area contributed by atoms with E-state index in [2.05, 4.69) is 10.3 Å². The Morgan fingerprint density at radius 1 is 1.43 bits per heavy atom. The number of rotatable bonds is 4. The van der Waals surface area contributed by atoms with E-state index in [0.29, 0.717) is 6.54 Å². The molecule has 0 aromatic carbocycles. The molecule has 1 N–H and O–H groups in total. The zero-order valence-electron chi connectivity index (χ0n) is 13.1. The molecule has 2 heterocycles. The van der Waals surface area contributed by atoms with Crippen LogP contribution in [-0.4, -0.2) is 33.3 Å². The van der Waals surface area contributed by atoms with E-state index in [4.69, 9.17) is 0 Å². The van der Waals surface area contributed by atoms with Crippen molar-refractivity contribution in [1.29, 1.82) is 0 Å². The number of hydrogen-bond acceptors (Lipinski definition) is 3. The summed E-state index contributed by atoms with van der Waals surface area (Å²) in [6, 6.07) is 3.34. The summed E-state index contributed by atoms with van der Waals surface area (Å²) in [4.78, 5) is 30.9. The molecule has 0 radical (unpaired) electrons. The third kappa shape index (κ3) is 3.06. The van der Waals surface area contributed by atoms with Gasteiger partial charge in [0.1, 0.15) is 11.6 Å². The Morgan fingerprint density at radius 2 is 2.14 bits per heavy atom. The van der Waals surface area contributed by atoms with Gasteiger partial charge in [-0.05, 0) is 31.4 Å². The minimum atomic E-state index is -0.858. The van der Waals surface area contributed by atoms with Crippen LogP contribution in [0.3, 0.4) is 0 Å². The van der Waals surface area contributed by atoms with Crippen LogP contribution in [0.4, 0.5) is 0 Å². The predicted octanol–water partition coefficient (Wildman–Crippen LogP) is 1.73. The van der Waals surface area contributed by atoms with Gasteiger partial charge in [0.2, 0.25) is 11.8 Å². The van der Waals surface area contributed by atoms with E-state index in [9.17, 15) is 9.59 Å². The highest BCUT2D eigenvalue weighted by Crippen LogP contribution is 2.26. The summed E-state index contributed by atoms with van der Waals surface area (Å²) >= 11 is 0. The monoisotopic (exact) mass is 289 g/mol. The van der Waals surface area contributed by atoms with Crippen molar-refractivity contribution >= 4 is 11.8 Å². The number of piperazine rings is 1. The molecule has 1 aliphatic rings. The fourth-order valence-corrected chi connectivity index (χ4v) is 2.71. The number of nitrogens with one attached hydrogen (secondary N) is 1. The molecule has 2 rings (SSSR count). The Bertz CT molecular complexity index is 528. The zero-order valence-corrected chi connectivity index (χ0v) is 13.1. The number of carbonyl (C=O) groups is 2. The highest BCUT2D eigenvalue weighted by atomic mass is 16.2. The van der Waals surface area contributed by atoms with Gasteiger partial charge in [-0.1, -0.05) is 26.3 Å². The number of nitrogens with zero attached hydrogens (tertiary/aromatic N) is 2. The van der Waals surface area contributed by atoms with E-state index >= 15 is 0 Å². The first kappa shape index (κ1) is 15.5. The maximum atomic E-state index is 12.7. The molecule has 2 atom stereocenters. The summed E-state index contributed by atoms with van der Waals surface area (Å²) in [6.07, 6.45) is 4.28. The molecule has 0 aliphatic carbocycles. The van der Waals surface area contributed by atoms with E-state index in [1.54, 1.807) is 31.1 Å². The van der Waals surface area contributed by atoms with Gasteiger partial charge in [0, 0.05) is 18.9 Å². The number of hydrogen-bond donors (Lipinski definition) is 1. The van der Waals surface area contributed by atoms with Crippen LogP contribution >= 0.6 is 0 Å². The molecule has 2 amide bonds. The molecule has 0 saturated carbocycles. The van der Waals surface area contributed by atoms with Gasteiger partial charge in [-0.25, -0.2) is 0 Å². The molecule has 1 fully saturated rings. The second-order valence-electron chi connectivity index (χ2n) is 6.24. The Morgan fingerprint density at radius 3 is 2.71 bits per heavy atom. The van der Waals surface area contributed by atoms with Crippen molar-refractivity contribution in [3.05, 3.63) is 30.1 Å². The van der Waals surface area contributed by atoms with Crippen molar-refractivity contribution in [2.24, 2.45) is 5.92 Å². The average Bonchev–Trinajstić information content (AvgIpc) is 2.44. The predicted molar refractivity (Wildman–Crippen MR) is 80.3 cm³/mol. The third-order valence-electron chi connectivity index (χ3n) is 4.09. The Kier molecular flexibility index (Phi) is 4.30. The first-order valence-corrected chi connectivity index (χ1v) is 7.38. The Balaban J connectivity index is 2.34. The molecule has 114 valence electrons. The quantitative estimate of drug-likeness (QED) is 0.918. The normalized spacial score (nSPS) is 22.9. The summed E-state index contributed by atoms with van der Waals surface area (Å²) in [5, 5.41) is 2.84. The van der Waals surface area contributed by atoms with Gasteiger partial charge < -0.3 is 10.2 Å². The summed E-state index contributed by atoms with van der Waals surface area (Å²) in [6.45, 7) is 7.95. The van der Waals surface area contributed by atoms with Crippen LogP contribution in [0.1, 0.15) is 39.7 Å². The van der Waals surface area contributed by atoms with Crippen LogP contribution in [0.5, 0.6) is 0 Å². The van der Waals surface area contributed by atoms with Crippen molar-refractivity contribution in [2.45, 2.75) is 52.2 Å². The lowest BCUT2D eigenvalue weighted by Crippen LogP contribution is -2.69. The van der Waals surface area contributed by atoms with Gasteiger partial charge >= 0.3 is 0 Å². The molecule has 21 heavy (non-hydrogen) atoms. The van der Waals surface area contributed by atoms with Crippen LogP contribution in [0.25, 0.3) is 0 Å². The second kappa shape index (κ2) is 5.84. The van der Waals surface area contributed by atoms with Crippen molar-refractivity contribution in [3.63, 3.8) is 0 Å². The number of pyridine rings is 1. The SMILES string of the molecule is CCC(C)C1C(=O)NC(C)(C)C(=O)N1Cc1cccnc1. The fourth-order valence-electron chi connectivity index (χ4n) is 2.71. The molecule has 1 aromatic rings. The summed E-state index contributed by atoms with van der Waals surface area (Å²) in [7, 11) is 0. The molecule has 1 aromatic heterocycles. The van der Waals surface area contributed by atoms with Gasteiger partial charge in [-0.3, -0.25) is 14.6 Å². The number of amides is 2. The highest BCUT2D eigenvalue weighted by molar-refractivity contribution is 5.99. The van der Waals surface area contributed by atoms with Gasteiger partial charge in [-0.15, -0.1) is 0 Å². The van der Waals surface area contributed by atoms with Crippen molar-refractivity contribution in [2.75, 3.05) is 0 Å². The molecule has 1 aliphatic heterocycles. The molecular weight excluding hydrogens is 266 g/mol. The van der Waals surface area contributed by atoms with Crippen molar-refractivity contribution in [1.82, 2.24) is 15.2 Å². The molecule has 1 saturated heterocycles. The second-order valence-corrected chi connectivity index (χ2v) is 6.24. The molecule has 5 heteroatoms. The van der Waals surface area contributed by atoms with Gasteiger partial charge in [0.25, 0.3) is 0 Å². The number of carbonyl (C=O) groups excluding carboxylic acids is 2. The molecule has 0 bridgehead atoms. The maximum Gasteiger partial charge on any atom is 0.248 e. The first-order chi connectivity index (χ1) is 9.86. The smallest absolute Gasteiger partial charge is 0.248 e. The van der Waals surface area contributed by atoms with Crippen molar-refractivity contribution in [3.8, 4) is 0 Å². The Hall–Kier alpha value is -1.91. The van der Waals surface area contributed by atoms with Crippen molar-refractivity contribution < 1.29 is 9.59 Å². The lowest BCUT2D eigenvalue weighted by atomic mass is 9.89. The average molecular weight is 289 g/mol. The third-order valence-corrected chi connectivity index (χ3v) is 4.09. The van der Waals surface area contributed by atoms with E-state index < -0.39 is 11.6 Å². The van der Waals surface area contributed by atoms with E-state index in [0.717, 1.165) is 12.0 Å². The number of aromatic nitrogens is 1. The highest BCUT2D eigenvalue weighted by Gasteiger charge is 2.46. The van der Waals surface area contributed by atoms with Crippen LogP contribution in [0.15, 0.2) is 24.5 Å². The fraction of sp³-hybridized carbons (Fsp3) is 0.562. The summed E-state index contributed by atoms with van der Waals surface area (Å²) in [5.41, 5.74) is 0.0770. The maximum absolute atomic E-state index is 12.7. The van der Waals surface area contributed by atoms with E-state index in [-0.39, 0.29) is 17.7 Å². The van der Waals surface area contributed by atoms with Crippen LogP contribution in [0, 0.1) is 5.92 Å². The van der Waals surface area contributed by atoms with E-state index in [1.807, 2.05) is 26.0 Å². The molecular formula is C16H23N3O2. The lowest BCUT2D eigenvalue weighted by Gasteiger charge is -2.44. The van der Waals surface area contributed by atoms with E-state index in [1.165, 1.54) is 0 Å². The van der Waals surface area contributed by atoms with Crippen LogP contribution in [0.2, 0.25) is 0 Å². The molecule has 2 unspecified atom stereocenters. The Labute approximate surface area is 125 Å². The minimum absolute atomic E-state index is 0.0451. The molecule has 5 nitrogen and oxygen atoms in total. The van der Waals surface area contributed by atoms with Crippen LogP contribution in [-0.2, 0) is 16.1 Å². The standard InChI is InChI=1S/C16H23N3O2/c1-5-11(2)13-14(20)18-16(3,4)15(21)19(13)10-12-7-6-8-17-9-12/h6-9,11,13H,5,10H2,1-4H3,(H,18,20). The largest absolute Gasteiger partial charge is 0.340 e. The minimum Gasteiger partial charge on any atom is -0.340 e. The van der Waals surface area contributed by atoms with Gasteiger partial charge in [0.05, 0.1) is 0 Å². The summed E-state index contributed by atoms with van der Waals surface area (Å²) < 4.78 is 0. The van der Waals surface area contributed by atoms with Crippen LogP contribution < -0.4 is 5.32 Å². The molecule has 0 spiro atoms. The zero-order chi connectivity index (χ0) is 15.6.